The van der Waals surface area contributed by atoms with Gasteiger partial charge in [-0.1, -0.05) is 38.3 Å². The molecule has 0 spiro atoms. The molecule has 3 fully saturated rings. The van der Waals surface area contributed by atoms with Crippen molar-refractivity contribution in [1.82, 2.24) is 26.0 Å². The first-order valence-corrected chi connectivity index (χ1v) is 13.1. The molecule has 2 aliphatic heterocycles. The predicted molar refractivity (Wildman–Crippen MR) is 125 cm³/mol. The molecule has 1 saturated carbocycles. The minimum atomic E-state index is -5.21. The number of hydrazine groups is 1. The van der Waals surface area contributed by atoms with Crippen LogP contribution in [0.4, 0.5) is 17.6 Å². The Morgan fingerprint density at radius 3 is 2.45 bits per heavy atom. The molecule has 0 unspecified atom stereocenters. The lowest BCUT2D eigenvalue weighted by molar-refractivity contribution is -0.175. The average Bonchev–Trinajstić information content (AvgIpc) is 3.56. The Kier molecular flexibility index (Phi) is 9.48. The third-order valence-corrected chi connectivity index (χ3v) is 7.92. The molecule has 38 heavy (non-hydrogen) atoms. The number of halogens is 5. The quantitative estimate of drug-likeness (QED) is 0.230. The van der Waals surface area contributed by atoms with Gasteiger partial charge in [-0.3, -0.25) is 29.4 Å². The maximum Gasteiger partial charge on any atom is 0.471 e. The van der Waals surface area contributed by atoms with Crippen LogP contribution in [0.25, 0.3) is 0 Å². The van der Waals surface area contributed by atoms with Crippen molar-refractivity contribution in [3.8, 4) is 0 Å². The first-order valence-electron chi connectivity index (χ1n) is 12.6. The third-order valence-electron chi connectivity index (χ3n) is 7.73. The number of rotatable bonds is 8. The normalized spacial score (nSPS) is 27.2. The predicted octanol–water partition coefficient (Wildman–Crippen LogP) is 1.24. The largest absolute Gasteiger partial charge is 0.471 e. The van der Waals surface area contributed by atoms with Crippen molar-refractivity contribution in [3.05, 3.63) is 0 Å². The highest BCUT2D eigenvalue weighted by Gasteiger charge is 2.52. The zero-order valence-electron chi connectivity index (χ0n) is 21.0. The van der Waals surface area contributed by atoms with E-state index in [9.17, 15) is 41.5 Å². The number of carbonyl (C=O) groups excluding carboxylic acids is 5. The molecular formula is C23H32ClF4N5O5. The van der Waals surface area contributed by atoms with Crippen molar-refractivity contribution in [2.24, 2.45) is 23.7 Å². The lowest BCUT2D eigenvalue weighted by Crippen LogP contribution is -2.60. The molecule has 0 aromatic rings. The molecule has 3 rings (SSSR count). The summed E-state index contributed by atoms with van der Waals surface area (Å²) in [7, 11) is 0. The molecule has 0 aromatic carbocycles. The average molecular weight is 570 g/mol. The van der Waals surface area contributed by atoms with E-state index in [1.165, 1.54) is 6.92 Å². The minimum Gasteiger partial charge on any atom is -0.356 e. The molecule has 0 aromatic heterocycles. The molecule has 10 nitrogen and oxygen atoms in total. The number of hydrogen-bond donors (Lipinski definition) is 3. The third kappa shape index (κ3) is 6.49. The van der Waals surface area contributed by atoms with Crippen LogP contribution in [0.1, 0.15) is 46.0 Å². The lowest BCUT2D eigenvalue weighted by Gasteiger charge is -2.34. The van der Waals surface area contributed by atoms with Crippen LogP contribution >= 0.6 is 11.6 Å². The molecule has 15 heteroatoms. The van der Waals surface area contributed by atoms with Crippen LogP contribution in [0.5, 0.6) is 0 Å². The second kappa shape index (κ2) is 12.0. The molecule has 2 heterocycles. The summed E-state index contributed by atoms with van der Waals surface area (Å²) in [5.41, 5.74) is -0.195. The maximum absolute atomic E-state index is 13.7. The molecular weight excluding hydrogens is 538 g/mol. The van der Waals surface area contributed by atoms with Gasteiger partial charge in [0.05, 0.1) is 12.5 Å². The molecule has 3 N–H and O–H groups in total. The van der Waals surface area contributed by atoms with E-state index in [0.717, 1.165) is 11.3 Å². The first kappa shape index (κ1) is 29.9. The van der Waals surface area contributed by atoms with Crippen LogP contribution in [0.3, 0.4) is 0 Å². The van der Waals surface area contributed by atoms with E-state index in [1.807, 2.05) is 0 Å². The number of likely N-dealkylation sites (tertiary alicyclic amines) is 1. The number of alkyl halides is 5. The standard InChI is InChI=1S/C23H32ClF4N5O5/c1-3-11(2)15(30-22(38)23(26,27)28)20(36)32-9-12-5-4-6-14(12)16(32)19(35)31-33(21(37)17(24)25)10-13-7-8-29-18(13)34/h11-17H,3-10H2,1-2H3,(H,29,34)(H,30,38)(H,31,35)/t11-,12+,13+,14+,15+,16+,17+/m1/s1. The summed E-state index contributed by atoms with van der Waals surface area (Å²) in [6.45, 7) is 3.23. The van der Waals surface area contributed by atoms with Gasteiger partial charge in [-0.2, -0.15) is 13.2 Å². The fourth-order valence-electron chi connectivity index (χ4n) is 5.50. The number of amides is 5. The SMILES string of the molecule is CC[C@@H](C)[C@H](NC(=O)C(F)(F)F)C(=O)N1C[C@@H]2CCC[C@@H]2[C@H]1C(=O)NN(C[C@@H]1CCNC1=O)C(=O)[C@H](F)Cl. The van der Waals surface area contributed by atoms with Gasteiger partial charge >= 0.3 is 12.1 Å². The van der Waals surface area contributed by atoms with Crippen molar-refractivity contribution in [2.75, 3.05) is 19.6 Å². The monoisotopic (exact) mass is 569 g/mol. The van der Waals surface area contributed by atoms with Crippen molar-refractivity contribution >= 4 is 41.1 Å². The van der Waals surface area contributed by atoms with Gasteiger partial charge in [-0.05, 0) is 37.0 Å². The van der Waals surface area contributed by atoms with Crippen LogP contribution in [-0.2, 0) is 24.0 Å². The Morgan fingerprint density at radius 2 is 1.89 bits per heavy atom. The second-order valence-electron chi connectivity index (χ2n) is 10.1. The first-order chi connectivity index (χ1) is 17.8. The molecule has 214 valence electrons. The Hall–Kier alpha value is -2.64. The van der Waals surface area contributed by atoms with Crippen LogP contribution in [0.2, 0.25) is 0 Å². The molecule has 5 amide bonds. The van der Waals surface area contributed by atoms with Crippen LogP contribution in [0.15, 0.2) is 0 Å². The maximum atomic E-state index is 13.7. The van der Waals surface area contributed by atoms with Crippen LogP contribution in [-0.4, -0.2) is 83.0 Å². The molecule has 1 aliphatic carbocycles. The van der Waals surface area contributed by atoms with Gasteiger partial charge in [-0.25, -0.2) is 9.40 Å². The summed E-state index contributed by atoms with van der Waals surface area (Å²) in [5.74, 6) is -7.50. The molecule has 0 radical (unpaired) electrons. The van der Waals surface area contributed by atoms with Crippen molar-refractivity contribution in [3.63, 3.8) is 0 Å². The fourth-order valence-corrected chi connectivity index (χ4v) is 5.62. The van der Waals surface area contributed by atoms with Gasteiger partial charge in [0.1, 0.15) is 12.1 Å². The van der Waals surface area contributed by atoms with Gasteiger partial charge in [-0.15, -0.1) is 0 Å². The van der Waals surface area contributed by atoms with Gasteiger partial charge in [0.25, 0.3) is 17.4 Å². The number of fused-ring (bicyclic) bond motifs is 1. The van der Waals surface area contributed by atoms with Crippen molar-refractivity contribution in [2.45, 2.75) is 69.8 Å². The number of hydrogen-bond acceptors (Lipinski definition) is 5. The zero-order valence-corrected chi connectivity index (χ0v) is 21.8. The van der Waals surface area contributed by atoms with Gasteiger partial charge in [0.15, 0.2) is 0 Å². The highest BCUT2D eigenvalue weighted by Crippen LogP contribution is 2.43. The Balaban J connectivity index is 1.86. The van der Waals surface area contributed by atoms with Crippen LogP contribution < -0.4 is 16.1 Å². The van der Waals surface area contributed by atoms with E-state index in [4.69, 9.17) is 11.6 Å². The van der Waals surface area contributed by atoms with E-state index in [-0.39, 0.29) is 37.3 Å². The summed E-state index contributed by atoms with van der Waals surface area (Å²) < 4.78 is 52.7. The van der Waals surface area contributed by atoms with Crippen LogP contribution in [0, 0.1) is 23.7 Å². The van der Waals surface area contributed by atoms with Crippen molar-refractivity contribution in [1.29, 1.82) is 0 Å². The summed E-state index contributed by atoms with van der Waals surface area (Å²) in [6.07, 6.45) is -2.60. The topological polar surface area (TPSA) is 128 Å². The van der Waals surface area contributed by atoms with Crippen molar-refractivity contribution < 1.29 is 41.5 Å². The number of carbonyl (C=O) groups is 5. The minimum absolute atomic E-state index is 0.0800. The van der Waals surface area contributed by atoms with E-state index in [0.29, 0.717) is 30.8 Å². The Morgan fingerprint density at radius 1 is 1.21 bits per heavy atom. The summed E-state index contributed by atoms with van der Waals surface area (Å²) in [4.78, 5) is 64.3. The van der Waals surface area contributed by atoms with E-state index >= 15 is 0 Å². The Labute approximate surface area is 222 Å². The lowest BCUT2D eigenvalue weighted by atomic mass is 9.93. The molecule has 2 saturated heterocycles. The summed E-state index contributed by atoms with van der Waals surface area (Å²) in [5, 5.41) is 4.97. The van der Waals surface area contributed by atoms with Gasteiger partial charge < -0.3 is 15.5 Å². The zero-order chi connectivity index (χ0) is 28.4. The fraction of sp³-hybridized carbons (Fsp3) is 0.783. The Bertz CT molecular complexity index is 952. The molecule has 0 bridgehead atoms. The molecule has 3 aliphatic rings. The van der Waals surface area contributed by atoms with Gasteiger partial charge in [0.2, 0.25) is 11.8 Å². The van der Waals surface area contributed by atoms with E-state index in [1.54, 1.807) is 12.2 Å². The number of nitrogens with one attached hydrogen (secondary N) is 3. The molecule has 7 atom stereocenters. The number of nitrogens with zero attached hydrogens (tertiary/aromatic N) is 2. The van der Waals surface area contributed by atoms with E-state index < -0.39 is 59.4 Å². The highest BCUT2D eigenvalue weighted by molar-refractivity contribution is 6.29. The second-order valence-corrected chi connectivity index (χ2v) is 10.5. The van der Waals surface area contributed by atoms with E-state index in [2.05, 4.69) is 10.7 Å². The van der Waals surface area contributed by atoms with Gasteiger partial charge in [0, 0.05) is 13.1 Å². The highest BCUT2D eigenvalue weighted by atomic mass is 35.5. The summed E-state index contributed by atoms with van der Waals surface area (Å²) >= 11 is 5.33. The summed E-state index contributed by atoms with van der Waals surface area (Å²) in [6, 6.07) is -2.72. The smallest absolute Gasteiger partial charge is 0.356 e.